The maximum atomic E-state index is 5.28. The molecule has 5 heteroatoms. The standard InChI is InChI=1S/C2H6N4S/c3-1-5-2(4)7-6-1/h2H,4H2,(H3,3,5,6). The fourth-order valence-electron chi connectivity index (χ4n) is 0.312. The number of rotatable bonds is 0. The van der Waals surface area contributed by atoms with Crippen molar-refractivity contribution in [2.24, 2.45) is 15.9 Å². The van der Waals surface area contributed by atoms with Crippen molar-refractivity contribution >= 4 is 17.9 Å². The van der Waals surface area contributed by atoms with Crippen LogP contribution in [0.25, 0.3) is 0 Å². The zero-order valence-corrected chi connectivity index (χ0v) is 4.40. The van der Waals surface area contributed by atoms with Crippen molar-refractivity contribution in [2.45, 2.75) is 5.50 Å². The Labute approximate surface area is 45.5 Å². The zero-order valence-electron chi connectivity index (χ0n) is 3.59. The van der Waals surface area contributed by atoms with Crippen LogP contribution in [0.5, 0.6) is 0 Å². The van der Waals surface area contributed by atoms with Crippen molar-refractivity contribution < 1.29 is 0 Å². The summed E-state index contributed by atoms with van der Waals surface area (Å²) in [5.41, 5.74) is 10.3. The Morgan fingerprint density at radius 3 is 2.71 bits per heavy atom. The first-order valence-electron chi connectivity index (χ1n) is 1.80. The van der Waals surface area contributed by atoms with E-state index in [1.165, 1.54) is 11.9 Å². The summed E-state index contributed by atoms with van der Waals surface area (Å²) < 4.78 is 3.69. The van der Waals surface area contributed by atoms with Crippen LogP contribution in [0, 0.1) is 0 Å². The fourth-order valence-corrected chi connectivity index (χ4v) is 0.765. The Balaban J connectivity index is 2.42. The fraction of sp³-hybridized carbons (Fsp3) is 0.500. The molecule has 1 rings (SSSR count). The largest absolute Gasteiger partial charge is 0.369 e. The molecule has 0 amide bonds. The van der Waals surface area contributed by atoms with Crippen LogP contribution in [0.3, 0.4) is 0 Å². The number of hydrogen-bond acceptors (Lipinski definition) is 5. The summed E-state index contributed by atoms with van der Waals surface area (Å²) in [4.78, 5) is 0. The molecule has 1 aliphatic rings. The van der Waals surface area contributed by atoms with Gasteiger partial charge >= 0.3 is 0 Å². The van der Waals surface area contributed by atoms with Crippen molar-refractivity contribution in [3.63, 3.8) is 0 Å². The van der Waals surface area contributed by atoms with Crippen molar-refractivity contribution in [2.75, 3.05) is 0 Å². The van der Waals surface area contributed by atoms with E-state index in [4.69, 9.17) is 11.5 Å². The van der Waals surface area contributed by atoms with Crippen molar-refractivity contribution in [1.29, 1.82) is 0 Å². The van der Waals surface area contributed by atoms with Crippen LogP contribution in [0.1, 0.15) is 0 Å². The quantitative estimate of drug-likeness (QED) is 0.349. The summed E-state index contributed by atoms with van der Waals surface area (Å²) in [6, 6.07) is 0. The van der Waals surface area contributed by atoms with Gasteiger partial charge in [-0.2, -0.15) is 4.40 Å². The number of nitrogens with two attached hydrogens (primary N) is 2. The molecule has 0 aliphatic carbocycles. The van der Waals surface area contributed by atoms with E-state index in [0.717, 1.165) is 0 Å². The van der Waals surface area contributed by atoms with Crippen LogP contribution in [-0.2, 0) is 0 Å². The highest BCUT2D eigenvalue weighted by atomic mass is 32.2. The van der Waals surface area contributed by atoms with Crippen molar-refractivity contribution in [3.05, 3.63) is 0 Å². The van der Waals surface area contributed by atoms with E-state index in [1.54, 1.807) is 0 Å². The number of guanidine groups is 1. The highest BCUT2D eigenvalue weighted by Gasteiger charge is 2.08. The first-order valence-corrected chi connectivity index (χ1v) is 2.64. The van der Waals surface area contributed by atoms with Crippen LogP contribution < -0.4 is 16.8 Å². The molecule has 0 aromatic carbocycles. The van der Waals surface area contributed by atoms with Gasteiger partial charge in [0.05, 0.1) is 0 Å². The van der Waals surface area contributed by atoms with Crippen LogP contribution in [0.2, 0.25) is 0 Å². The van der Waals surface area contributed by atoms with E-state index in [-0.39, 0.29) is 5.50 Å². The van der Waals surface area contributed by atoms with Crippen LogP contribution in [-0.4, -0.2) is 11.5 Å². The predicted molar refractivity (Wildman–Crippen MR) is 30.3 cm³/mol. The molecule has 1 heterocycles. The van der Waals surface area contributed by atoms with E-state index in [2.05, 4.69) is 9.71 Å². The zero-order chi connectivity index (χ0) is 5.28. The van der Waals surface area contributed by atoms with Gasteiger partial charge in [0.2, 0.25) is 5.96 Å². The summed E-state index contributed by atoms with van der Waals surface area (Å²) in [6.45, 7) is 0. The Morgan fingerprint density at radius 1 is 1.86 bits per heavy atom. The normalized spacial score (nSPS) is 29.3. The predicted octanol–water partition coefficient (Wildman–Crippen LogP) is -1.21. The molecule has 7 heavy (non-hydrogen) atoms. The van der Waals surface area contributed by atoms with E-state index in [0.29, 0.717) is 5.96 Å². The molecular weight excluding hydrogens is 112 g/mol. The second-order valence-corrected chi connectivity index (χ2v) is 2.05. The van der Waals surface area contributed by atoms with Crippen molar-refractivity contribution in [1.82, 2.24) is 5.32 Å². The molecule has 1 aliphatic heterocycles. The second-order valence-electron chi connectivity index (χ2n) is 1.15. The van der Waals surface area contributed by atoms with Gasteiger partial charge in [-0.1, -0.05) is 0 Å². The average molecular weight is 118 g/mol. The smallest absolute Gasteiger partial charge is 0.202 e. The molecule has 0 spiro atoms. The Bertz CT molecular complexity index is 99.9. The summed E-state index contributed by atoms with van der Waals surface area (Å²) in [5.74, 6) is 0.414. The van der Waals surface area contributed by atoms with Gasteiger partial charge in [-0.05, 0) is 0 Å². The van der Waals surface area contributed by atoms with Crippen LogP contribution in [0.4, 0.5) is 0 Å². The maximum Gasteiger partial charge on any atom is 0.202 e. The van der Waals surface area contributed by atoms with Gasteiger partial charge in [0, 0.05) is 11.9 Å². The van der Waals surface area contributed by atoms with E-state index in [1.807, 2.05) is 0 Å². The number of nitrogens with one attached hydrogen (secondary N) is 1. The lowest BCUT2D eigenvalue weighted by Crippen LogP contribution is -2.38. The average Bonchev–Trinajstić information content (AvgIpc) is 1.87. The van der Waals surface area contributed by atoms with E-state index in [9.17, 15) is 0 Å². The third kappa shape index (κ3) is 0.971. The molecule has 0 aromatic rings. The molecular formula is C2H6N4S. The third-order valence-electron chi connectivity index (χ3n) is 0.555. The second kappa shape index (κ2) is 1.59. The van der Waals surface area contributed by atoms with Crippen LogP contribution in [0.15, 0.2) is 4.40 Å². The molecule has 0 aromatic heterocycles. The molecule has 0 saturated heterocycles. The van der Waals surface area contributed by atoms with Gasteiger partial charge < -0.3 is 16.8 Å². The summed E-state index contributed by atoms with van der Waals surface area (Å²) in [7, 11) is 0. The molecule has 1 unspecified atom stereocenters. The summed E-state index contributed by atoms with van der Waals surface area (Å²) in [6.07, 6.45) is 0. The Kier molecular flexibility index (Phi) is 1.07. The van der Waals surface area contributed by atoms with E-state index >= 15 is 0 Å². The van der Waals surface area contributed by atoms with Gasteiger partial charge in [-0.25, -0.2) is 0 Å². The Morgan fingerprint density at radius 2 is 2.57 bits per heavy atom. The SMILES string of the molecule is NC1=NSC(N)N1. The number of nitrogens with zero attached hydrogens (tertiary/aromatic N) is 1. The summed E-state index contributed by atoms with van der Waals surface area (Å²) in [5, 5.41) is 2.69. The molecule has 0 bridgehead atoms. The highest BCUT2D eigenvalue weighted by molar-refractivity contribution is 7.99. The van der Waals surface area contributed by atoms with Gasteiger partial charge in [0.15, 0.2) is 0 Å². The molecule has 0 fully saturated rings. The third-order valence-corrected chi connectivity index (χ3v) is 1.20. The van der Waals surface area contributed by atoms with Crippen LogP contribution >= 0.6 is 11.9 Å². The van der Waals surface area contributed by atoms with Gasteiger partial charge in [-0.3, -0.25) is 0 Å². The molecule has 0 radical (unpaired) electrons. The highest BCUT2D eigenvalue weighted by Crippen LogP contribution is 2.08. The lowest BCUT2D eigenvalue weighted by molar-refractivity contribution is 0.872. The topological polar surface area (TPSA) is 76.4 Å². The first-order chi connectivity index (χ1) is 3.29. The molecule has 40 valence electrons. The minimum atomic E-state index is -0.139. The van der Waals surface area contributed by atoms with Crippen molar-refractivity contribution in [3.8, 4) is 0 Å². The van der Waals surface area contributed by atoms with Gasteiger partial charge in [0.25, 0.3) is 0 Å². The molecule has 0 saturated carbocycles. The van der Waals surface area contributed by atoms with E-state index < -0.39 is 0 Å². The van der Waals surface area contributed by atoms with Gasteiger partial charge in [0.1, 0.15) is 5.50 Å². The maximum absolute atomic E-state index is 5.28. The summed E-state index contributed by atoms with van der Waals surface area (Å²) >= 11 is 1.23. The number of hydrogen-bond donors (Lipinski definition) is 3. The lowest BCUT2D eigenvalue weighted by atomic mass is 10.9. The van der Waals surface area contributed by atoms with Gasteiger partial charge in [-0.15, -0.1) is 0 Å². The molecule has 1 atom stereocenters. The minimum Gasteiger partial charge on any atom is -0.369 e. The molecule has 4 nitrogen and oxygen atoms in total. The molecule has 5 N–H and O–H groups in total. The minimum absolute atomic E-state index is 0.139. The first kappa shape index (κ1) is 4.73. The lowest BCUT2D eigenvalue weighted by Gasteiger charge is -1.97. The Hall–Kier alpha value is -0.420. The monoisotopic (exact) mass is 118 g/mol.